The van der Waals surface area contributed by atoms with Crippen LogP contribution in [0.2, 0.25) is 0 Å². The highest BCUT2D eigenvalue weighted by atomic mass is 16.6. The summed E-state index contributed by atoms with van der Waals surface area (Å²) in [5.74, 6) is 0.899. The molecule has 27 heavy (non-hydrogen) atoms. The number of benzene rings is 1. The van der Waals surface area contributed by atoms with Crippen molar-refractivity contribution in [1.82, 2.24) is 4.90 Å². The van der Waals surface area contributed by atoms with Gasteiger partial charge in [-0.15, -0.1) is 0 Å². The molecule has 4 rings (SSSR count). The summed E-state index contributed by atoms with van der Waals surface area (Å²) in [4.78, 5) is 19.8. The molecule has 0 radical (unpaired) electrons. The molecule has 2 fully saturated rings. The summed E-state index contributed by atoms with van der Waals surface area (Å²) in [5, 5.41) is 13.8. The first-order valence-corrected chi connectivity index (χ1v) is 10.1. The number of amides is 1. The van der Waals surface area contributed by atoms with Gasteiger partial charge < -0.3 is 19.6 Å². The van der Waals surface area contributed by atoms with E-state index in [-0.39, 0.29) is 24.7 Å². The first-order chi connectivity index (χ1) is 13.2. The number of nitrogens with zero attached hydrogens (tertiary/aromatic N) is 2. The second-order valence-electron chi connectivity index (χ2n) is 7.77. The molecule has 1 N–H and O–H groups in total. The van der Waals surface area contributed by atoms with Crippen LogP contribution in [-0.2, 0) is 16.2 Å². The van der Waals surface area contributed by atoms with Gasteiger partial charge in [0.2, 0.25) is 5.91 Å². The van der Waals surface area contributed by atoms with Crippen LogP contribution in [-0.4, -0.2) is 46.9 Å². The molecular formula is C21H28N2O4. The molecule has 146 valence electrons. The van der Waals surface area contributed by atoms with Crippen LogP contribution in [0.1, 0.15) is 62.5 Å². The third-order valence-corrected chi connectivity index (χ3v) is 5.76. The van der Waals surface area contributed by atoms with Crippen LogP contribution in [0.5, 0.6) is 5.75 Å². The fourth-order valence-corrected chi connectivity index (χ4v) is 4.16. The summed E-state index contributed by atoms with van der Waals surface area (Å²) in [7, 11) is 0. The Morgan fingerprint density at radius 2 is 2.00 bits per heavy atom. The number of hydrogen-bond acceptors (Lipinski definition) is 5. The van der Waals surface area contributed by atoms with Gasteiger partial charge in [0.05, 0.1) is 24.8 Å². The number of ether oxygens (including phenoxy) is 1. The van der Waals surface area contributed by atoms with E-state index in [1.165, 1.54) is 12.8 Å². The Balaban J connectivity index is 1.40. The van der Waals surface area contributed by atoms with Crippen LogP contribution in [0.3, 0.4) is 0 Å². The predicted octanol–water partition coefficient (Wildman–Crippen LogP) is 3.01. The maximum atomic E-state index is 12.3. The monoisotopic (exact) mass is 372 g/mol. The fourth-order valence-electron chi connectivity index (χ4n) is 4.16. The summed E-state index contributed by atoms with van der Waals surface area (Å²) in [5.41, 5.74) is 2.58. The minimum Gasteiger partial charge on any atom is -0.490 e. The summed E-state index contributed by atoms with van der Waals surface area (Å²) in [6.45, 7) is 1.69. The van der Waals surface area contributed by atoms with E-state index in [9.17, 15) is 9.90 Å². The Bertz CT molecular complexity index is 706. The van der Waals surface area contributed by atoms with Crippen molar-refractivity contribution in [1.29, 1.82) is 0 Å². The SMILES string of the molecule is O=C(CC1CC(c2ccc(CO)c(OC3CCCC3)c2)=NO1)N1CCCC1. The van der Waals surface area contributed by atoms with Crippen LogP contribution >= 0.6 is 0 Å². The number of carbonyl (C=O) groups is 1. The molecule has 2 heterocycles. The van der Waals surface area contributed by atoms with Gasteiger partial charge in [-0.05, 0) is 44.6 Å². The lowest BCUT2D eigenvalue weighted by Gasteiger charge is -2.17. The zero-order chi connectivity index (χ0) is 18.6. The molecule has 1 saturated carbocycles. The third kappa shape index (κ3) is 4.26. The summed E-state index contributed by atoms with van der Waals surface area (Å²) >= 11 is 0. The highest BCUT2D eigenvalue weighted by Gasteiger charge is 2.28. The van der Waals surface area contributed by atoms with Crippen molar-refractivity contribution in [3.05, 3.63) is 29.3 Å². The summed E-state index contributed by atoms with van der Waals surface area (Å²) < 4.78 is 6.14. The lowest BCUT2D eigenvalue weighted by Crippen LogP contribution is -2.30. The molecule has 6 heteroatoms. The van der Waals surface area contributed by atoms with Crippen molar-refractivity contribution >= 4 is 11.6 Å². The molecule has 2 aliphatic heterocycles. The maximum absolute atomic E-state index is 12.3. The minimum atomic E-state index is -0.190. The van der Waals surface area contributed by atoms with Crippen LogP contribution in [0.4, 0.5) is 0 Å². The predicted molar refractivity (Wildman–Crippen MR) is 102 cm³/mol. The minimum absolute atomic E-state index is 0.0434. The molecule has 1 unspecified atom stereocenters. The molecule has 6 nitrogen and oxygen atoms in total. The number of carbonyl (C=O) groups excluding carboxylic acids is 1. The van der Waals surface area contributed by atoms with Crippen molar-refractivity contribution in [2.45, 2.75) is 70.2 Å². The molecule has 1 saturated heterocycles. The third-order valence-electron chi connectivity index (χ3n) is 5.76. The van der Waals surface area contributed by atoms with Gasteiger partial charge in [-0.1, -0.05) is 17.3 Å². The van der Waals surface area contributed by atoms with E-state index in [0.717, 1.165) is 61.4 Å². The van der Waals surface area contributed by atoms with Crippen molar-refractivity contribution in [2.24, 2.45) is 5.16 Å². The number of oxime groups is 1. The van der Waals surface area contributed by atoms with Gasteiger partial charge in [0.15, 0.2) is 0 Å². The largest absolute Gasteiger partial charge is 0.490 e. The molecule has 0 bridgehead atoms. The van der Waals surface area contributed by atoms with E-state index < -0.39 is 0 Å². The van der Waals surface area contributed by atoms with Gasteiger partial charge in [-0.2, -0.15) is 0 Å². The van der Waals surface area contributed by atoms with E-state index in [0.29, 0.717) is 12.8 Å². The molecular weight excluding hydrogens is 344 g/mol. The Kier molecular flexibility index (Phi) is 5.62. The molecule has 3 aliphatic rings. The summed E-state index contributed by atoms with van der Waals surface area (Å²) in [6.07, 6.45) is 7.79. The Hall–Kier alpha value is -2.08. The van der Waals surface area contributed by atoms with E-state index >= 15 is 0 Å². The Labute approximate surface area is 160 Å². The second kappa shape index (κ2) is 8.30. The van der Waals surface area contributed by atoms with E-state index in [2.05, 4.69) is 5.16 Å². The second-order valence-corrected chi connectivity index (χ2v) is 7.77. The standard InChI is InChI=1S/C21H28N2O4/c24-14-16-8-7-15(11-20(16)26-17-5-1-2-6-17)19-12-18(27-22-19)13-21(25)23-9-3-4-10-23/h7-8,11,17-18,24H,1-6,9-10,12-14H2. The van der Waals surface area contributed by atoms with Crippen LogP contribution in [0.25, 0.3) is 0 Å². The molecule has 0 aromatic heterocycles. The van der Waals surface area contributed by atoms with E-state index in [4.69, 9.17) is 9.57 Å². The lowest BCUT2D eigenvalue weighted by molar-refractivity contribution is -0.132. The zero-order valence-corrected chi connectivity index (χ0v) is 15.7. The number of aliphatic hydroxyl groups excluding tert-OH is 1. The quantitative estimate of drug-likeness (QED) is 0.833. The van der Waals surface area contributed by atoms with E-state index in [1.54, 1.807) is 0 Å². The van der Waals surface area contributed by atoms with Crippen LogP contribution in [0, 0.1) is 0 Å². The molecule has 1 aliphatic carbocycles. The average Bonchev–Trinajstić information content (AvgIpc) is 3.44. The smallest absolute Gasteiger partial charge is 0.226 e. The highest BCUT2D eigenvalue weighted by molar-refractivity contribution is 6.02. The normalized spacial score (nSPS) is 22.8. The number of rotatable bonds is 6. The molecule has 1 amide bonds. The molecule has 1 aromatic carbocycles. The first-order valence-electron chi connectivity index (χ1n) is 10.1. The summed E-state index contributed by atoms with van der Waals surface area (Å²) in [6, 6.07) is 5.79. The van der Waals surface area contributed by atoms with Crippen LogP contribution in [0.15, 0.2) is 23.4 Å². The van der Waals surface area contributed by atoms with Gasteiger partial charge >= 0.3 is 0 Å². The molecule has 1 aromatic rings. The number of hydrogen-bond donors (Lipinski definition) is 1. The van der Waals surface area contributed by atoms with Crippen LogP contribution < -0.4 is 4.74 Å². The van der Waals surface area contributed by atoms with Gasteiger partial charge in [0.1, 0.15) is 11.9 Å². The number of aliphatic hydroxyl groups is 1. The zero-order valence-electron chi connectivity index (χ0n) is 15.7. The number of likely N-dealkylation sites (tertiary alicyclic amines) is 1. The Morgan fingerprint density at radius 1 is 1.22 bits per heavy atom. The van der Waals surface area contributed by atoms with Gasteiger partial charge in [0, 0.05) is 30.6 Å². The van der Waals surface area contributed by atoms with Crippen molar-refractivity contribution in [3.63, 3.8) is 0 Å². The highest BCUT2D eigenvalue weighted by Crippen LogP contribution is 2.29. The van der Waals surface area contributed by atoms with Gasteiger partial charge in [-0.25, -0.2) is 0 Å². The first kappa shape index (κ1) is 18.3. The van der Waals surface area contributed by atoms with Gasteiger partial charge in [-0.3, -0.25) is 4.79 Å². The Morgan fingerprint density at radius 3 is 2.74 bits per heavy atom. The van der Waals surface area contributed by atoms with Gasteiger partial charge in [0.25, 0.3) is 0 Å². The topological polar surface area (TPSA) is 71.4 Å². The average molecular weight is 372 g/mol. The maximum Gasteiger partial charge on any atom is 0.226 e. The van der Waals surface area contributed by atoms with Crippen molar-refractivity contribution in [2.75, 3.05) is 13.1 Å². The lowest BCUT2D eigenvalue weighted by atomic mass is 10.0. The molecule has 0 spiro atoms. The van der Waals surface area contributed by atoms with Crippen molar-refractivity contribution < 1.29 is 19.5 Å². The fraction of sp³-hybridized carbons (Fsp3) is 0.619. The molecule has 1 atom stereocenters. The van der Waals surface area contributed by atoms with E-state index in [1.807, 2.05) is 23.1 Å². The van der Waals surface area contributed by atoms with Crippen molar-refractivity contribution in [3.8, 4) is 5.75 Å².